The summed E-state index contributed by atoms with van der Waals surface area (Å²) in [6.45, 7) is 0.456. The van der Waals surface area contributed by atoms with E-state index < -0.39 is 0 Å². The van der Waals surface area contributed by atoms with Crippen molar-refractivity contribution in [3.8, 4) is 0 Å². The highest BCUT2D eigenvalue weighted by Crippen LogP contribution is 2.19. The fourth-order valence-corrected chi connectivity index (χ4v) is 2.11. The van der Waals surface area contributed by atoms with Crippen molar-refractivity contribution in [3.05, 3.63) is 28.8 Å². The highest BCUT2D eigenvalue weighted by atomic mass is 35.5. The molecule has 1 fully saturated rings. The maximum atomic E-state index is 12.0. The van der Waals surface area contributed by atoms with Crippen LogP contribution in [0, 0.1) is 0 Å². The predicted octanol–water partition coefficient (Wildman–Crippen LogP) is 1.35. The van der Waals surface area contributed by atoms with Gasteiger partial charge in [0, 0.05) is 24.7 Å². The number of carbonyl (C=O) groups excluding carboxylic acids is 2. The monoisotopic (exact) mass is 303 g/mol. The van der Waals surface area contributed by atoms with E-state index in [-0.39, 0.29) is 30.3 Å². The summed E-state index contributed by atoms with van der Waals surface area (Å²) in [6, 6.07) is 4.71. The quantitative estimate of drug-likeness (QED) is 0.721. The SMILES string of the molecule is Cl.Nc1ccc(C(=O)NC2CCC(=O)NC2)c(Cl)c1. The summed E-state index contributed by atoms with van der Waals surface area (Å²) in [6.07, 6.45) is 1.07. The molecule has 1 aromatic rings. The molecule has 0 spiro atoms. The summed E-state index contributed by atoms with van der Waals surface area (Å²) in [5.41, 5.74) is 6.47. The van der Waals surface area contributed by atoms with E-state index in [4.69, 9.17) is 17.3 Å². The Morgan fingerprint density at radius 1 is 1.47 bits per heavy atom. The lowest BCUT2D eigenvalue weighted by molar-refractivity contribution is -0.122. The third-order valence-corrected chi connectivity index (χ3v) is 3.15. The van der Waals surface area contributed by atoms with Crippen LogP contribution in [-0.2, 0) is 4.79 Å². The summed E-state index contributed by atoms with van der Waals surface area (Å²) in [4.78, 5) is 23.0. The van der Waals surface area contributed by atoms with Crippen LogP contribution in [0.15, 0.2) is 18.2 Å². The number of halogens is 2. The Balaban J connectivity index is 0.00000180. The lowest BCUT2D eigenvalue weighted by Gasteiger charge is -2.23. The normalized spacial score (nSPS) is 18.2. The first kappa shape index (κ1) is 15.6. The molecule has 1 unspecified atom stereocenters. The number of rotatable bonds is 2. The molecule has 1 aromatic carbocycles. The van der Waals surface area contributed by atoms with Crippen molar-refractivity contribution in [3.63, 3.8) is 0 Å². The van der Waals surface area contributed by atoms with Crippen molar-refractivity contribution in [2.75, 3.05) is 12.3 Å². The molecule has 1 aliphatic heterocycles. The molecule has 0 saturated carbocycles. The van der Waals surface area contributed by atoms with Gasteiger partial charge in [0.1, 0.15) is 0 Å². The number of amides is 2. The van der Waals surface area contributed by atoms with Gasteiger partial charge in [0.25, 0.3) is 5.91 Å². The summed E-state index contributed by atoms with van der Waals surface area (Å²) in [5.74, 6) is -0.229. The number of nitrogens with two attached hydrogens (primary N) is 1. The molecule has 1 aliphatic rings. The molecule has 104 valence electrons. The van der Waals surface area contributed by atoms with Gasteiger partial charge in [0.2, 0.25) is 5.91 Å². The molecule has 2 rings (SSSR count). The van der Waals surface area contributed by atoms with Crippen molar-refractivity contribution in [2.24, 2.45) is 0 Å². The molecule has 5 nitrogen and oxygen atoms in total. The summed E-state index contributed by atoms with van der Waals surface area (Å²) in [5, 5.41) is 5.87. The van der Waals surface area contributed by atoms with E-state index in [9.17, 15) is 9.59 Å². The van der Waals surface area contributed by atoms with Crippen LogP contribution in [0.5, 0.6) is 0 Å². The Morgan fingerprint density at radius 2 is 2.21 bits per heavy atom. The van der Waals surface area contributed by atoms with Crippen LogP contribution < -0.4 is 16.4 Å². The van der Waals surface area contributed by atoms with Crippen LogP contribution in [0.25, 0.3) is 0 Å². The summed E-state index contributed by atoms with van der Waals surface area (Å²) >= 11 is 5.95. The van der Waals surface area contributed by atoms with Gasteiger partial charge in [-0.1, -0.05) is 11.6 Å². The van der Waals surface area contributed by atoms with E-state index in [1.807, 2.05) is 0 Å². The van der Waals surface area contributed by atoms with Crippen molar-refractivity contribution >= 4 is 41.5 Å². The zero-order valence-electron chi connectivity index (χ0n) is 10.1. The van der Waals surface area contributed by atoms with Crippen molar-refractivity contribution in [2.45, 2.75) is 18.9 Å². The van der Waals surface area contributed by atoms with Crippen LogP contribution in [0.4, 0.5) is 5.69 Å². The smallest absolute Gasteiger partial charge is 0.253 e. The average molecular weight is 304 g/mol. The number of piperidine rings is 1. The zero-order chi connectivity index (χ0) is 13.1. The van der Waals surface area contributed by atoms with Crippen LogP contribution >= 0.6 is 24.0 Å². The van der Waals surface area contributed by atoms with Gasteiger partial charge in [-0.25, -0.2) is 0 Å². The minimum atomic E-state index is -0.249. The van der Waals surface area contributed by atoms with E-state index in [0.29, 0.717) is 35.7 Å². The topological polar surface area (TPSA) is 84.2 Å². The Bertz CT molecular complexity index is 484. The molecule has 4 N–H and O–H groups in total. The van der Waals surface area contributed by atoms with E-state index in [2.05, 4.69) is 10.6 Å². The predicted molar refractivity (Wildman–Crippen MR) is 76.6 cm³/mol. The second-order valence-electron chi connectivity index (χ2n) is 4.25. The summed E-state index contributed by atoms with van der Waals surface area (Å²) < 4.78 is 0. The lowest BCUT2D eigenvalue weighted by Crippen LogP contribution is -2.47. The number of nitrogen functional groups attached to an aromatic ring is 1. The van der Waals surface area contributed by atoms with Gasteiger partial charge in [0.05, 0.1) is 10.6 Å². The third-order valence-electron chi connectivity index (χ3n) is 2.84. The first-order chi connectivity index (χ1) is 8.56. The number of nitrogens with one attached hydrogen (secondary N) is 2. The number of benzene rings is 1. The van der Waals surface area contributed by atoms with E-state index in [1.54, 1.807) is 18.2 Å². The van der Waals surface area contributed by atoms with Crippen LogP contribution in [0.1, 0.15) is 23.2 Å². The second kappa shape index (κ2) is 6.63. The Morgan fingerprint density at radius 3 is 2.79 bits per heavy atom. The van der Waals surface area contributed by atoms with Gasteiger partial charge >= 0.3 is 0 Å². The molecule has 19 heavy (non-hydrogen) atoms. The molecular formula is C12H15Cl2N3O2. The third kappa shape index (κ3) is 4.01. The largest absolute Gasteiger partial charge is 0.399 e. The van der Waals surface area contributed by atoms with Gasteiger partial charge in [-0.15, -0.1) is 12.4 Å². The van der Waals surface area contributed by atoms with Gasteiger partial charge in [-0.05, 0) is 24.6 Å². The average Bonchev–Trinajstić information content (AvgIpc) is 2.32. The van der Waals surface area contributed by atoms with E-state index in [1.165, 1.54) is 0 Å². The van der Waals surface area contributed by atoms with Crippen molar-refractivity contribution in [1.82, 2.24) is 10.6 Å². The standard InChI is InChI=1S/C12H14ClN3O2.ClH/c13-10-5-7(14)1-3-9(10)12(18)16-8-2-4-11(17)15-6-8;/h1,3,5,8H,2,4,6,14H2,(H,15,17)(H,16,18);1H. The van der Waals surface area contributed by atoms with Gasteiger partial charge < -0.3 is 16.4 Å². The maximum absolute atomic E-state index is 12.0. The molecule has 1 atom stereocenters. The lowest BCUT2D eigenvalue weighted by atomic mass is 10.1. The number of anilines is 1. The number of hydrogen-bond donors (Lipinski definition) is 3. The highest BCUT2D eigenvalue weighted by molar-refractivity contribution is 6.34. The Kier molecular flexibility index (Phi) is 5.44. The zero-order valence-corrected chi connectivity index (χ0v) is 11.7. The first-order valence-electron chi connectivity index (χ1n) is 5.69. The van der Waals surface area contributed by atoms with Gasteiger partial charge in [0.15, 0.2) is 0 Å². The minimum Gasteiger partial charge on any atom is -0.399 e. The van der Waals surface area contributed by atoms with Crippen molar-refractivity contribution < 1.29 is 9.59 Å². The molecule has 0 aromatic heterocycles. The molecule has 2 amide bonds. The second-order valence-corrected chi connectivity index (χ2v) is 4.66. The fourth-order valence-electron chi connectivity index (χ4n) is 1.83. The fraction of sp³-hybridized carbons (Fsp3) is 0.333. The van der Waals surface area contributed by atoms with Crippen molar-refractivity contribution in [1.29, 1.82) is 0 Å². The Hall–Kier alpha value is -1.46. The van der Waals surface area contributed by atoms with Gasteiger partial charge in [-0.3, -0.25) is 9.59 Å². The molecular weight excluding hydrogens is 289 g/mol. The molecule has 0 bridgehead atoms. The van der Waals surface area contributed by atoms with Crippen LogP contribution in [0.2, 0.25) is 5.02 Å². The number of hydrogen-bond acceptors (Lipinski definition) is 3. The summed E-state index contributed by atoms with van der Waals surface area (Å²) in [7, 11) is 0. The highest BCUT2D eigenvalue weighted by Gasteiger charge is 2.21. The Labute approximate surface area is 122 Å². The molecule has 0 aliphatic carbocycles. The molecule has 7 heteroatoms. The number of carbonyl (C=O) groups is 2. The molecule has 0 radical (unpaired) electrons. The van der Waals surface area contributed by atoms with Gasteiger partial charge in [-0.2, -0.15) is 0 Å². The van der Waals surface area contributed by atoms with Crippen LogP contribution in [0.3, 0.4) is 0 Å². The molecule has 1 saturated heterocycles. The maximum Gasteiger partial charge on any atom is 0.253 e. The molecule has 1 heterocycles. The van der Waals surface area contributed by atoms with E-state index in [0.717, 1.165) is 0 Å². The van der Waals surface area contributed by atoms with E-state index >= 15 is 0 Å². The minimum absolute atomic E-state index is 0. The van der Waals surface area contributed by atoms with Crippen LogP contribution in [-0.4, -0.2) is 24.4 Å². The first-order valence-corrected chi connectivity index (χ1v) is 6.06.